The zero-order valence-corrected chi connectivity index (χ0v) is 16.2. The number of nitrogens with one attached hydrogen (secondary N) is 1. The zero-order valence-electron chi connectivity index (χ0n) is 16.2. The number of carbonyl (C=O) groups excluding carboxylic acids is 4. The quantitative estimate of drug-likeness (QED) is 0.567. The lowest BCUT2D eigenvalue weighted by Gasteiger charge is -2.17. The van der Waals surface area contributed by atoms with E-state index in [-0.39, 0.29) is 31.2 Å². The van der Waals surface area contributed by atoms with E-state index in [0.29, 0.717) is 17.0 Å². The number of ether oxygens (including phenoxy) is 1. The van der Waals surface area contributed by atoms with Crippen molar-refractivity contribution in [3.05, 3.63) is 54.0 Å². The third-order valence-electron chi connectivity index (χ3n) is 4.67. The number of rotatable bonds is 7. The van der Waals surface area contributed by atoms with Crippen LogP contribution in [0.3, 0.4) is 0 Å². The number of furan rings is 1. The van der Waals surface area contributed by atoms with Crippen molar-refractivity contribution >= 4 is 29.3 Å². The molecule has 152 valence electrons. The molecule has 0 spiro atoms. The van der Waals surface area contributed by atoms with E-state index in [1.807, 2.05) is 0 Å². The topological polar surface area (TPSA) is 106 Å². The first-order chi connectivity index (χ1) is 13.8. The molecule has 0 aliphatic carbocycles. The highest BCUT2D eigenvalue weighted by molar-refractivity contribution is 5.98. The van der Waals surface area contributed by atoms with Gasteiger partial charge in [0, 0.05) is 24.2 Å². The fourth-order valence-corrected chi connectivity index (χ4v) is 3.06. The Morgan fingerprint density at radius 2 is 2.07 bits per heavy atom. The van der Waals surface area contributed by atoms with Crippen LogP contribution < -0.4 is 5.32 Å². The Kier molecular flexibility index (Phi) is 6.11. The van der Waals surface area contributed by atoms with E-state index in [4.69, 9.17) is 9.15 Å². The monoisotopic (exact) mass is 398 g/mol. The van der Waals surface area contributed by atoms with Crippen LogP contribution in [-0.4, -0.2) is 41.1 Å². The van der Waals surface area contributed by atoms with Gasteiger partial charge in [-0.25, -0.2) is 0 Å². The van der Waals surface area contributed by atoms with Crippen molar-refractivity contribution in [2.75, 3.05) is 11.9 Å². The van der Waals surface area contributed by atoms with Crippen molar-refractivity contribution in [1.29, 1.82) is 0 Å². The third kappa shape index (κ3) is 5.10. The fraction of sp³-hybridized carbons (Fsp3) is 0.333. The van der Waals surface area contributed by atoms with Gasteiger partial charge >= 0.3 is 5.97 Å². The van der Waals surface area contributed by atoms with Gasteiger partial charge in [-0.15, -0.1) is 0 Å². The number of benzene rings is 1. The SMILES string of the molecule is CC(=O)c1cccc(NC(=O)[C@@H](C)OC(=O)[C@H]2CC(=O)N(Cc3ccco3)C2)c1. The number of amides is 2. The normalized spacial score (nSPS) is 17.1. The highest BCUT2D eigenvalue weighted by Crippen LogP contribution is 2.22. The van der Waals surface area contributed by atoms with E-state index in [1.165, 1.54) is 25.0 Å². The van der Waals surface area contributed by atoms with Crippen molar-refractivity contribution in [3.63, 3.8) is 0 Å². The first-order valence-electron chi connectivity index (χ1n) is 9.26. The lowest BCUT2D eigenvalue weighted by molar-refractivity contribution is -0.157. The van der Waals surface area contributed by atoms with Gasteiger partial charge in [-0.1, -0.05) is 12.1 Å². The second-order valence-corrected chi connectivity index (χ2v) is 6.96. The van der Waals surface area contributed by atoms with Gasteiger partial charge in [-0.05, 0) is 38.1 Å². The van der Waals surface area contributed by atoms with Crippen molar-refractivity contribution < 1.29 is 28.3 Å². The van der Waals surface area contributed by atoms with Crippen LogP contribution in [0.1, 0.15) is 36.4 Å². The molecule has 0 radical (unpaired) electrons. The number of hydrogen-bond acceptors (Lipinski definition) is 6. The number of Topliss-reactive ketones (excluding diaryl/α,β-unsaturated/α-hetero) is 1. The van der Waals surface area contributed by atoms with Gasteiger partial charge < -0.3 is 19.4 Å². The van der Waals surface area contributed by atoms with Gasteiger partial charge in [0.15, 0.2) is 11.9 Å². The minimum Gasteiger partial charge on any atom is -0.467 e. The van der Waals surface area contributed by atoms with E-state index < -0.39 is 23.9 Å². The lowest BCUT2D eigenvalue weighted by atomic mass is 10.1. The number of likely N-dealkylation sites (tertiary alicyclic amines) is 1. The van der Waals surface area contributed by atoms with E-state index in [9.17, 15) is 19.2 Å². The van der Waals surface area contributed by atoms with Crippen molar-refractivity contribution in [1.82, 2.24) is 4.90 Å². The van der Waals surface area contributed by atoms with Gasteiger partial charge in [0.05, 0.1) is 18.7 Å². The summed E-state index contributed by atoms with van der Waals surface area (Å²) in [6, 6.07) is 9.98. The van der Waals surface area contributed by atoms with Gasteiger partial charge in [0.25, 0.3) is 5.91 Å². The second-order valence-electron chi connectivity index (χ2n) is 6.96. The van der Waals surface area contributed by atoms with E-state index in [1.54, 1.807) is 36.4 Å². The van der Waals surface area contributed by atoms with E-state index >= 15 is 0 Å². The summed E-state index contributed by atoms with van der Waals surface area (Å²) in [5, 5.41) is 2.62. The third-order valence-corrected chi connectivity index (χ3v) is 4.67. The molecule has 1 aromatic carbocycles. The second kappa shape index (κ2) is 8.72. The summed E-state index contributed by atoms with van der Waals surface area (Å²) in [5.74, 6) is -1.40. The van der Waals surface area contributed by atoms with E-state index in [2.05, 4.69) is 5.32 Å². The highest BCUT2D eigenvalue weighted by Gasteiger charge is 2.36. The maximum absolute atomic E-state index is 12.4. The molecule has 0 bridgehead atoms. The first kappa shape index (κ1) is 20.3. The van der Waals surface area contributed by atoms with Crippen molar-refractivity contribution in [2.45, 2.75) is 32.9 Å². The van der Waals surface area contributed by atoms with Gasteiger partial charge in [-0.2, -0.15) is 0 Å². The molecule has 2 heterocycles. The largest absolute Gasteiger partial charge is 0.467 e. The molecule has 8 nitrogen and oxygen atoms in total. The number of hydrogen-bond donors (Lipinski definition) is 1. The number of carbonyl (C=O) groups is 4. The van der Waals surface area contributed by atoms with Crippen LogP contribution in [0.5, 0.6) is 0 Å². The number of esters is 1. The molecule has 0 saturated carbocycles. The summed E-state index contributed by atoms with van der Waals surface area (Å²) in [4.78, 5) is 49.8. The maximum Gasteiger partial charge on any atom is 0.312 e. The number of ketones is 1. The smallest absolute Gasteiger partial charge is 0.312 e. The molecule has 3 rings (SSSR count). The molecule has 1 N–H and O–H groups in total. The van der Waals surface area contributed by atoms with Crippen LogP contribution >= 0.6 is 0 Å². The van der Waals surface area contributed by atoms with Crippen LogP contribution in [0.15, 0.2) is 47.1 Å². The Morgan fingerprint density at radius 1 is 1.28 bits per heavy atom. The van der Waals surface area contributed by atoms with Crippen LogP contribution in [-0.2, 0) is 25.7 Å². The molecular formula is C21H22N2O6. The first-order valence-corrected chi connectivity index (χ1v) is 9.26. The van der Waals surface area contributed by atoms with E-state index in [0.717, 1.165) is 0 Å². The van der Waals surface area contributed by atoms with Gasteiger partial charge in [0.2, 0.25) is 5.91 Å². The minimum absolute atomic E-state index is 0.0362. The molecule has 2 amide bonds. The average molecular weight is 398 g/mol. The molecular weight excluding hydrogens is 376 g/mol. The Labute approximate surface area is 167 Å². The summed E-state index contributed by atoms with van der Waals surface area (Å²) >= 11 is 0. The number of nitrogens with zero attached hydrogens (tertiary/aromatic N) is 1. The standard InChI is InChI=1S/C21H22N2O6/c1-13(24)15-5-3-6-17(9-15)22-20(26)14(2)29-21(27)16-10-19(25)23(11-16)12-18-7-4-8-28-18/h3-9,14,16H,10-12H2,1-2H3,(H,22,26)/t14-,16+/m1/s1. The molecule has 2 aromatic rings. The maximum atomic E-state index is 12.4. The van der Waals surface area contributed by atoms with Crippen LogP contribution in [0, 0.1) is 5.92 Å². The molecule has 1 aromatic heterocycles. The Hall–Kier alpha value is -3.42. The molecule has 8 heteroatoms. The summed E-state index contributed by atoms with van der Waals surface area (Å²) < 4.78 is 10.5. The Morgan fingerprint density at radius 3 is 2.76 bits per heavy atom. The van der Waals surface area contributed by atoms with Crippen molar-refractivity contribution in [3.8, 4) is 0 Å². The number of anilines is 1. The van der Waals surface area contributed by atoms with Crippen LogP contribution in [0.25, 0.3) is 0 Å². The molecule has 1 fully saturated rings. The highest BCUT2D eigenvalue weighted by atomic mass is 16.5. The van der Waals surface area contributed by atoms with Gasteiger partial charge in [0.1, 0.15) is 5.76 Å². The van der Waals surface area contributed by atoms with Crippen LogP contribution in [0.4, 0.5) is 5.69 Å². The zero-order chi connectivity index (χ0) is 21.0. The predicted octanol–water partition coefficient (Wildman–Crippen LogP) is 2.40. The minimum atomic E-state index is -1.04. The molecule has 1 saturated heterocycles. The molecule has 1 aliphatic rings. The lowest BCUT2D eigenvalue weighted by Crippen LogP contribution is -2.33. The summed E-state index contributed by atoms with van der Waals surface area (Å²) in [5.41, 5.74) is 0.903. The molecule has 29 heavy (non-hydrogen) atoms. The molecule has 1 aliphatic heterocycles. The Bertz CT molecular complexity index is 921. The summed E-state index contributed by atoms with van der Waals surface area (Å²) in [6.45, 7) is 3.40. The fourth-order valence-electron chi connectivity index (χ4n) is 3.06. The molecule has 0 unspecified atom stereocenters. The van der Waals surface area contributed by atoms with Gasteiger partial charge in [-0.3, -0.25) is 19.2 Å². The average Bonchev–Trinajstić information content (AvgIpc) is 3.32. The summed E-state index contributed by atoms with van der Waals surface area (Å²) in [7, 11) is 0. The summed E-state index contributed by atoms with van der Waals surface area (Å²) in [6.07, 6.45) is 0.514. The van der Waals surface area contributed by atoms with Crippen molar-refractivity contribution in [2.24, 2.45) is 5.92 Å². The Balaban J connectivity index is 1.53. The molecule has 2 atom stereocenters. The predicted molar refractivity (Wildman–Crippen MR) is 103 cm³/mol. The van der Waals surface area contributed by atoms with Crippen LogP contribution in [0.2, 0.25) is 0 Å².